The zero-order valence-corrected chi connectivity index (χ0v) is 8.03. The van der Waals surface area contributed by atoms with Crippen LogP contribution in [0.2, 0.25) is 0 Å². The Morgan fingerprint density at radius 3 is 2.67 bits per heavy atom. The summed E-state index contributed by atoms with van der Waals surface area (Å²) in [5, 5.41) is 21.1. The van der Waals surface area contributed by atoms with Crippen molar-refractivity contribution in [2.45, 2.75) is 0 Å². The Labute approximate surface area is 86.5 Å². The van der Waals surface area contributed by atoms with E-state index in [0.29, 0.717) is 13.1 Å². The third-order valence-corrected chi connectivity index (χ3v) is 1.87. The van der Waals surface area contributed by atoms with Gasteiger partial charge >= 0.3 is 0 Å². The van der Waals surface area contributed by atoms with E-state index >= 15 is 0 Å². The van der Waals surface area contributed by atoms with Crippen molar-refractivity contribution in [2.24, 2.45) is 5.73 Å². The van der Waals surface area contributed by atoms with E-state index in [1.54, 1.807) is 0 Å². The predicted octanol–water partition coefficient (Wildman–Crippen LogP) is -0.631. The minimum atomic E-state index is -0.482. The van der Waals surface area contributed by atoms with Crippen molar-refractivity contribution in [3.63, 3.8) is 0 Å². The quantitative estimate of drug-likeness (QED) is 0.336. The Bertz CT molecular complexity index is 379. The molecule has 1 aromatic carbocycles. The number of nitrogens with two attached hydrogens (primary N) is 2. The molecule has 0 aliphatic carbocycles. The van der Waals surface area contributed by atoms with E-state index in [-0.39, 0.29) is 17.0 Å². The Kier molecular flexibility index (Phi) is 3.35. The van der Waals surface area contributed by atoms with Crippen molar-refractivity contribution in [2.75, 3.05) is 18.8 Å². The second-order valence-electron chi connectivity index (χ2n) is 2.94. The van der Waals surface area contributed by atoms with E-state index in [4.69, 9.17) is 16.6 Å². The number of phenolic OH excluding ortho intramolecular Hbond substituents is 2. The summed E-state index contributed by atoms with van der Waals surface area (Å²) in [7, 11) is 0. The normalized spacial score (nSPS) is 9.93. The standard InChI is InChI=1S/C9H13N3O3/c10-3-4-12-9(15)5-1-2-6(13)7(11)8(5)14/h1-2,13-14H,3-4,10-11H2,(H,12,15). The molecule has 1 rings (SSSR count). The fraction of sp³-hybridized carbons (Fsp3) is 0.222. The number of hydrogen-bond acceptors (Lipinski definition) is 5. The van der Waals surface area contributed by atoms with Crippen molar-refractivity contribution in [1.82, 2.24) is 5.32 Å². The number of anilines is 1. The summed E-state index contributed by atoms with van der Waals surface area (Å²) in [5.74, 6) is -1.17. The van der Waals surface area contributed by atoms with Gasteiger partial charge in [-0.05, 0) is 12.1 Å². The molecule has 82 valence electrons. The summed E-state index contributed by atoms with van der Waals surface area (Å²) in [6.07, 6.45) is 0. The van der Waals surface area contributed by atoms with Gasteiger partial charge in [0.25, 0.3) is 5.91 Å². The first-order valence-corrected chi connectivity index (χ1v) is 4.36. The highest BCUT2D eigenvalue weighted by molar-refractivity contribution is 5.99. The summed E-state index contributed by atoms with van der Waals surface area (Å²) >= 11 is 0. The number of nitrogens with one attached hydrogen (secondary N) is 1. The van der Waals surface area contributed by atoms with E-state index < -0.39 is 11.7 Å². The minimum absolute atomic E-state index is 0.0127. The van der Waals surface area contributed by atoms with Crippen LogP contribution in [0.4, 0.5) is 5.69 Å². The molecule has 0 radical (unpaired) electrons. The molecule has 0 aromatic heterocycles. The number of amides is 1. The topological polar surface area (TPSA) is 122 Å². The van der Waals surface area contributed by atoms with Crippen LogP contribution in [0.25, 0.3) is 0 Å². The number of hydrogen-bond donors (Lipinski definition) is 5. The number of carbonyl (C=O) groups is 1. The van der Waals surface area contributed by atoms with Crippen LogP contribution < -0.4 is 16.8 Å². The summed E-state index contributed by atoms with van der Waals surface area (Å²) in [5.41, 5.74) is 10.3. The molecule has 0 saturated heterocycles. The van der Waals surface area contributed by atoms with Crippen LogP contribution in [0.1, 0.15) is 10.4 Å². The van der Waals surface area contributed by atoms with Crippen molar-refractivity contribution >= 4 is 11.6 Å². The molecule has 0 aliphatic rings. The van der Waals surface area contributed by atoms with E-state index in [0.717, 1.165) is 0 Å². The van der Waals surface area contributed by atoms with E-state index in [2.05, 4.69) is 5.32 Å². The molecule has 0 fully saturated rings. The first kappa shape index (κ1) is 11.1. The number of rotatable bonds is 3. The lowest BCUT2D eigenvalue weighted by molar-refractivity contribution is 0.0952. The highest BCUT2D eigenvalue weighted by Crippen LogP contribution is 2.32. The highest BCUT2D eigenvalue weighted by Gasteiger charge is 2.14. The molecule has 6 nitrogen and oxygen atoms in total. The van der Waals surface area contributed by atoms with Crippen molar-refractivity contribution in [3.05, 3.63) is 17.7 Å². The van der Waals surface area contributed by atoms with Crippen LogP contribution in [0.5, 0.6) is 11.5 Å². The van der Waals surface area contributed by atoms with E-state index in [9.17, 15) is 9.90 Å². The monoisotopic (exact) mass is 211 g/mol. The molecule has 0 bridgehead atoms. The molecule has 0 spiro atoms. The predicted molar refractivity (Wildman–Crippen MR) is 55.6 cm³/mol. The Balaban J connectivity index is 2.95. The first-order chi connectivity index (χ1) is 7.07. The molecule has 0 atom stereocenters. The van der Waals surface area contributed by atoms with Gasteiger partial charge in [0.15, 0.2) is 5.75 Å². The van der Waals surface area contributed by atoms with Gasteiger partial charge in [-0.25, -0.2) is 0 Å². The van der Waals surface area contributed by atoms with E-state index in [1.807, 2.05) is 0 Å². The molecule has 6 heteroatoms. The fourth-order valence-electron chi connectivity index (χ4n) is 1.06. The Hall–Kier alpha value is -1.95. The maximum Gasteiger partial charge on any atom is 0.255 e. The number of aromatic hydroxyl groups is 2. The van der Waals surface area contributed by atoms with Crippen LogP contribution in [0.15, 0.2) is 12.1 Å². The van der Waals surface area contributed by atoms with Gasteiger partial charge in [0.05, 0.1) is 5.56 Å². The molecule has 0 saturated carbocycles. The lowest BCUT2D eigenvalue weighted by Gasteiger charge is -2.08. The zero-order chi connectivity index (χ0) is 11.4. The lowest BCUT2D eigenvalue weighted by atomic mass is 10.1. The van der Waals surface area contributed by atoms with Gasteiger partial charge in [-0.15, -0.1) is 0 Å². The van der Waals surface area contributed by atoms with Crippen LogP contribution in [-0.2, 0) is 0 Å². The van der Waals surface area contributed by atoms with Gasteiger partial charge in [0.1, 0.15) is 11.4 Å². The van der Waals surface area contributed by atoms with Gasteiger partial charge in [-0.2, -0.15) is 0 Å². The Morgan fingerprint density at radius 1 is 1.40 bits per heavy atom. The maximum absolute atomic E-state index is 11.4. The molecule has 15 heavy (non-hydrogen) atoms. The molecule has 1 aromatic rings. The van der Waals surface area contributed by atoms with Crippen molar-refractivity contribution < 1.29 is 15.0 Å². The molecule has 0 unspecified atom stereocenters. The average molecular weight is 211 g/mol. The fourth-order valence-corrected chi connectivity index (χ4v) is 1.06. The second-order valence-corrected chi connectivity index (χ2v) is 2.94. The number of benzene rings is 1. The number of phenols is 2. The molecular weight excluding hydrogens is 198 g/mol. The van der Waals surface area contributed by atoms with Gasteiger partial charge in [-0.1, -0.05) is 0 Å². The maximum atomic E-state index is 11.4. The van der Waals surface area contributed by atoms with E-state index in [1.165, 1.54) is 12.1 Å². The van der Waals surface area contributed by atoms with Crippen molar-refractivity contribution in [3.8, 4) is 11.5 Å². The van der Waals surface area contributed by atoms with Crippen LogP contribution in [0, 0.1) is 0 Å². The van der Waals surface area contributed by atoms with Gasteiger partial charge in [-0.3, -0.25) is 4.79 Å². The second kappa shape index (κ2) is 4.52. The van der Waals surface area contributed by atoms with Crippen LogP contribution >= 0.6 is 0 Å². The third kappa shape index (κ3) is 2.29. The van der Waals surface area contributed by atoms with Gasteiger partial charge in [0, 0.05) is 13.1 Å². The zero-order valence-electron chi connectivity index (χ0n) is 8.03. The summed E-state index contributed by atoms with van der Waals surface area (Å²) in [4.78, 5) is 11.4. The number of nitrogen functional groups attached to an aromatic ring is 1. The van der Waals surface area contributed by atoms with Crippen molar-refractivity contribution in [1.29, 1.82) is 0 Å². The minimum Gasteiger partial charge on any atom is -0.506 e. The smallest absolute Gasteiger partial charge is 0.255 e. The lowest BCUT2D eigenvalue weighted by Crippen LogP contribution is -2.29. The molecule has 0 aliphatic heterocycles. The van der Waals surface area contributed by atoms with Crippen LogP contribution in [-0.4, -0.2) is 29.2 Å². The largest absolute Gasteiger partial charge is 0.506 e. The van der Waals surface area contributed by atoms with Crippen LogP contribution in [0.3, 0.4) is 0 Å². The summed E-state index contributed by atoms with van der Waals surface area (Å²) < 4.78 is 0. The SMILES string of the molecule is NCCNC(=O)c1ccc(O)c(N)c1O. The highest BCUT2D eigenvalue weighted by atomic mass is 16.3. The molecule has 0 heterocycles. The van der Waals surface area contributed by atoms with Gasteiger partial charge in [0.2, 0.25) is 0 Å². The number of carbonyl (C=O) groups excluding carboxylic acids is 1. The summed E-state index contributed by atoms with van der Waals surface area (Å²) in [6.45, 7) is 0.610. The van der Waals surface area contributed by atoms with Gasteiger partial charge < -0.3 is 27.0 Å². The average Bonchev–Trinajstić information content (AvgIpc) is 2.23. The third-order valence-electron chi connectivity index (χ3n) is 1.87. The molecular formula is C9H13N3O3. The summed E-state index contributed by atoms with van der Waals surface area (Å²) in [6, 6.07) is 2.53. The first-order valence-electron chi connectivity index (χ1n) is 4.36. The Morgan fingerprint density at radius 2 is 2.07 bits per heavy atom. The molecule has 1 amide bonds. The molecule has 7 N–H and O–H groups in total.